The molecule has 0 unspecified atom stereocenters. The summed E-state index contributed by atoms with van der Waals surface area (Å²) < 4.78 is 0. The van der Waals surface area contributed by atoms with Gasteiger partial charge in [-0.1, -0.05) is 25.1 Å². The zero-order valence-corrected chi connectivity index (χ0v) is 11.1. The largest absolute Gasteiger partial charge is 0.338 e. The minimum Gasteiger partial charge on any atom is -0.338 e. The first-order valence-corrected chi connectivity index (χ1v) is 5.99. The first-order chi connectivity index (χ1) is 8.58. The lowest BCUT2D eigenvalue weighted by Gasteiger charge is -2.17. The summed E-state index contributed by atoms with van der Waals surface area (Å²) in [6.45, 7) is 4.35. The summed E-state index contributed by atoms with van der Waals surface area (Å²) in [4.78, 5) is 13.6. The lowest BCUT2D eigenvalue weighted by Crippen LogP contribution is -2.26. The maximum absolute atomic E-state index is 12.0. The highest BCUT2D eigenvalue weighted by Gasteiger charge is 2.10. The number of rotatable bonds is 4. The number of nitriles is 1. The highest BCUT2D eigenvalue weighted by atomic mass is 16.2. The van der Waals surface area contributed by atoms with Crippen LogP contribution in [-0.4, -0.2) is 17.9 Å². The summed E-state index contributed by atoms with van der Waals surface area (Å²) in [5.74, 6) is 0.0270. The second-order valence-corrected chi connectivity index (χ2v) is 4.27. The van der Waals surface area contributed by atoms with Gasteiger partial charge in [0.05, 0.1) is 11.6 Å². The molecule has 94 valence electrons. The summed E-state index contributed by atoms with van der Waals surface area (Å²) >= 11 is 0. The van der Waals surface area contributed by atoms with E-state index >= 15 is 0 Å². The van der Waals surface area contributed by atoms with Crippen LogP contribution in [-0.2, 0) is 11.3 Å². The fourth-order valence-corrected chi connectivity index (χ4v) is 1.78. The molecule has 1 aromatic carbocycles. The smallest absolute Gasteiger partial charge is 0.249 e. The Balaban J connectivity index is 2.75. The minimum absolute atomic E-state index is 0.0270. The molecule has 0 N–H and O–H groups in total. The van der Waals surface area contributed by atoms with Crippen molar-refractivity contribution in [3.8, 4) is 6.07 Å². The van der Waals surface area contributed by atoms with Crippen molar-refractivity contribution in [2.75, 3.05) is 7.05 Å². The van der Waals surface area contributed by atoms with Gasteiger partial charge in [-0.05, 0) is 31.0 Å². The number of hydrogen-bond donors (Lipinski definition) is 0. The number of nitrogens with zero attached hydrogens (tertiary/aromatic N) is 2. The van der Waals surface area contributed by atoms with Crippen LogP contribution >= 0.6 is 0 Å². The van der Waals surface area contributed by atoms with Crippen LogP contribution in [0.4, 0.5) is 0 Å². The molecule has 3 nitrogen and oxygen atoms in total. The van der Waals surface area contributed by atoms with E-state index < -0.39 is 0 Å². The average Bonchev–Trinajstić information content (AvgIpc) is 2.38. The summed E-state index contributed by atoms with van der Waals surface area (Å²) in [5.41, 5.74) is 2.35. The Kier molecular flexibility index (Phi) is 5.13. The van der Waals surface area contributed by atoms with E-state index in [2.05, 4.69) is 6.07 Å². The topological polar surface area (TPSA) is 44.1 Å². The van der Waals surface area contributed by atoms with E-state index in [1.165, 1.54) is 0 Å². The highest BCUT2D eigenvalue weighted by molar-refractivity contribution is 5.92. The Morgan fingerprint density at radius 1 is 1.50 bits per heavy atom. The molecule has 3 heteroatoms. The first-order valence-electron chi connectivity index (χ1n) is 5.99. The van der Waals surface area contributed by atoms with Crippen LogP contribution in [0.25, 0.3) is 0 Å². The number of likely N-dealkylation sites (N-methyl/N-ethyl adjacent to an activating group) is 1. The van der Waals surface area contributed by atoms with E-state index in [0.717, 1.165) is 17.6 Å². The standard InChI is InChI=1S/C15H18N2O/c1-4-6-12(2)15(18)17(3)11-14-8-5-7-13(9-14)10-16/h5-9H,4,11H2,1-3H3/b12-6-. The second-order valence-electron chi connectivity index (χ2n) is 4.27. The van der Waals surface area contributed by atoms with Crippen LogP contribution in [0.5, 0.6) is 0 Å². The van der Waals surface area contributed by atoms with Crippen molar-refractivity contribution in [2.45, 2.75) is 26.8 Å². The van der Waals surface area contributed by atoms with Crippen molar-refractivity contribution in [2.24, 2.45) is 0 Å². The van der Waals surface area contributed by atoms with E-state index in [9.17, 15) is 4.79 Å². The maximum Gasteiger partial charge on any atom is 0.249 e. The molecule has 0 atom stereocenters. The Hall–Kier alpha value is -2.08. The van der Waals surface area contributed by atoms with Gasteiger partial charge in [-0.2, -0.15) is 5.26 Å². The van der Waals surface area contributed by atoms with Gasteiger partial charge in [-0.25, -0.2) is 0 Å². The van der Waals surface area contributed by atoms with Crippen molar-refractivity contribution in [3.63, 3.8) is 0 Å². The molecule has 0 aliphatic heterocycles. The van der Waals surface area contributed by atoms with Crippen LogP contribution in [0.1, 0.15) is 31.4 Å². The number of carbonyl (C=O) groups is 1. The average molecular weight is 242 g/mol. The molecule has 0 saturated heterocycles. The molecule has 0 spiro atoms. The molecule has 0 bridgehead atoms. The summed E-state index contributed by atoms with van der Waals surface area (Å²) in [5, 5.41) is 8.82. The molecule has 0 heterocycles. The van der Waals surface area contributed by atoms with Crippen molar-refractivity contribution >= 4 is 5.91 Å². The van der Waals surface area contributed by atoms with E-state index in [0.29, 0.717) is 12.1 Å². The number of hydrogen-bond acceptors (Lipinski definition) is 2. The molecule has 0 saturated carbocycles. The Bertz CT molecular complexity index is 497. The van der Waals surface area contributed by atoms with Crippen LogP contribution in [0.2, 0.25) is 0 Å². The fourth-order valence-electron chi connectivity index (χ4n) is 1.78. The van der Waals surface area contributed by atoms with Crippen LogP contribution < -0.4 is 0 Å². The quantitative estimate of drug-likeness (QED) is 0.762. The van der Waals surface area contributed by atoms with Crippen molar-refractivity contribution in [3.05, 3.63) is 47.0 Å². The Morgan fingerprint density at radius 2 is 2.22 bits per heavy atom. The zero-order chi connectivity index (χ0) is 13.5. The molecular weight excluding hydrogens is 224 g/mol. The van der Waals surface area contributed by atoms with Crippen molar-refractivity contribution in [1.82, 2.24) is 4.90 Å². The van der Waals surface area contributed by atoms with Gasteiger partial charge < -0.3 is 4.90 Å². The predicted molar refractivity (Wildman–Crippen MR) is 71.7 cm³/mol. The first kappa shape index (κ1) is 14.0. The number of allylic oxidation sites excluding steroid dienone is 1. The third kappa shape index (κ3) is 3.74. The maximum atomic E-state index is 12.0. The number of carbonyl (C=O) groups excluding carboxylic acids is 1. The van der Waals surface area contributed by atoms with Gasteiger partial charge in [0, 0.05) is 19.2 Å². The van der Waals surface area contributed by atoms with Gasteiger partial charge in [-0.3, -0.25) is 4.79 Å². The van der Waals surface area contributed by atoms with Gasteiger partial charge >= 0.3 is 0 Å². The summed E-state index contributed by atoms with van der Waals surface area (Å²) in [7, 11) is 1.77. The third-order valence-corrected chi connectivity index (χ3v) is 2.67. The molecule has 0 aliphatic carbocycles. The summed E-state index contributed by atoms with van der Waals surface area (Å²) in [6, 6.07) is 9.42. The molecule has 1 aromatic rings. The Morgan fingerprint density at radius 3 is 2.83 bits per heavy atom. The molecule has 1 rings (SSSR count). The monoisotopic (exact) mass is 242 g/mol. The molecule has 0 aromatic heterocycles. The van der Waals surface area contributed by atoms with E-state index in [4.69, 9.17) is 5.26 Å². The van der Waals surface area contributed by atoms with Crippen molar-refractivity contribution in [1.29, 1.82) is 5.26 Å². The molecule has 0 aliphatic rings. The molecule has 1 amide bonds. The number of amides is 1. The van der Waals surface area contributed by atoms with Crippen molar-refractivity contribution < 1.29 is 4.79 Å². The van der Waals surface area contributed by atoms with Gasteiger partial charge in [0.2, 0.25) is 5.91 Å². The van der Waals surface area contributed by atoms with E-state index in [1.807, 2.05) is 38.1 Å². The Labute approximate surface area is 108 Å². The van der Waals surface area contributed by atoms with Crippen LogP contribution in [0.3, 0.4) is 0 Å². The minimum atomic E-state index is 0.0270. The molecule has 0 fully saturated rings. The third-order valence-electron chi connectivity index (χ3n) is 2.67. The highest BCUT2D eigenvalue weighted by Crippen LogP contribution is 2.09. The normalized spacial score (nSPS) is 10.9. The van der Waals surface area contributed by atoms with Gasteiger partial charge in [0.1, 0.15) is 0 Å². The molecule has 18 heavy (non-hydrogen) atoms. The van der Waals surface area contributed by atoms with Crippen LogP contribution in [0.15, 0.2) is 35.9 Å². The molecular formula is C15H18N2O. The predicted octanol–water partition coefficient (Wildman–Crippen LogP) is 2.87. The lowest BCUT2D eigenvalue weighted by molar-refractivity contribution is -0.126. The van der Waals surface area contributed by atoms with E-state index in [1.54, 1.807) is 18.0 Å². The zero-order valence-electron chi connectivity index (χ0n) is 11.1. The lowest BCUT2D eigenvalue weighted by atomic mass is 10.1. The fraction of sp³-hybridized carbons (Fsp3) is 0.333. The number of benzene rings is 1. The van der Waals surface area contributed by atoms with E-state index in [-0.39, 0.29) is 5.91 Å². The molecule has 0 radical (unpaired) electrons. The second kappa shape index (κ2) is 6.61. The van der Waals surface area contributed by atoms with Crippen LogP contribution in [0, 0.1) is 11.3 Å². The summed E-state index contributed by atoms with van der Waals surface area (Å²) in [6.07, 6.45) is 2.78. The van der Waals surface area contributed by atoms with Gasteiger partial charge in [0.25, 0.3) is 0 Å². The van der Waals surface area contributed by atoms with Gasteiger partial charge in [0.15, 0.2) is 0 Å². The SMILES string of the molecule is CC/C=C(/C)C(=O)N(C)Cc1cccc(C#N)c1. The van der Waals surface area contributed by atoms with Gasteiger partial charge in [-0.15, -0.1) is 0 Å².